The molecule has 2 heterocycles. The van der Waals surface area contributed by atoms with Gasteiger partial charge in [-0.15, -0.1) is 11.3 Å². The van der Waals surface area contributed by atoms with Crippen molar-refractivity contribution in [3.8, 4) is 0 Å². The predicted octanol–water partition coefficient (Wildman–Crippen LogP) is 5.88. The van der Waals surface area contributed by atoms with Crippen molar-refractivity contribution in [2.75, 3.05) is 5.32 Å². The molecule has 4 rings (SSSR count). The van der Waals surface area contributed by atoms with Crippen molar-refractivity contribution in [2.45, 2.75) is 32.5 Å². The van der Waals surface area contributed by atoms with E-state index in [0.29, 0.717) is 0 Å². The first-order chi connectivity index (χ1) is 12.7. The van der Waals surface area contributed by atoms with Gasteiger partial charge in [-0.1, -0.05) is 49.4 Å². The molecule has 0 radical (unpaired) electrons. The molecule has 1 amide bonds. The molecule has 0 fully saturated rings. The first-order valence-corrected chi connectivity index (χ1v) is 9.82. The number of fused-ring (bicyclic) bond motifs is 1. The monoisotopic (exact) mass is 364 g/mol. The Bertz CT molecular complexity index is 925. The number of para-hydroxylation sites is 1. The number of nitrogens with one attached hydrogen (secondary N) is 1. The Hall–Kier alpha value is -2.59. The molecule has 1 N–H and O–H groups in total. The van der Waals surface area contributed by atoms with Gasteiger partial charge in [-0.3, -0.25) is 4.79 Å². The summed E-state index contributed by atoms with van der Waals surface area (Å²) < 4.78 is 0. The largest absolute Gasteiger partial charge is 0.360 e. The quantitative estimate of drug-likeness (QED) is 0.626. The van der Waals surface area contributed by atoms with Gasteiger partial charge in [0.15, 0.2) is 0 Å². The molecule has 0 bridgehead atoms. The summed E-state index contributed by atoms with van der Waals surface area (Å²) in [6.07, 6.45) is 0.855. The van der Waals surface area contributed by atoms with E-state index in [2.05, 4.69) is 43.4 Å². The summed E-state index contributed by atoms with van der Waals surface area (Å²) in [5.74, 6) is 0.0761. The van der Waals surface area contributed by atoms with Gasteiger partial charge in [-0.2, -0.15) is 0 Å². The second kappa shape index (κ2) is 6.96. The predicted molar refractivity (Wildman–Crippen MR) is 110 cm³/mol. The molecule has 3 aromatic rings. The number of nitrogens with zero attached hydrogens (tertiary/aromatic N) is 1. The molecule has 1 aliphatic rings. The van der Waals surface area contributed by atoms with Crippen molar-refractivity contribution in [1.29, 1.82) is 0 Å². The highest BCUT2D eigenvalue weighted by molar-refractivity contribution is 7.12. The number of thiophene rings is 1. The van der Waals surface area contributed by atoms with Crippen molar-refractivity contribution in [1.82, 2.24) is 4.90 Å². The number of amides is 1. The lowest BCUT2D eigenvalue weighted by molar-refractivity contribution is 0.0600. The van der Waals surface area contributed by atoms with Crippen LogP contribution in [0.5, 0.6) is 0 Å². The van der Waals surface area contributed by atoms with Crippen LogP contribution in [0.3, 0.4) is 0 Å². The fourth-order valence-electron chi connectivity index (χ4n) is 3.50. The van der Waals surface area contributed by atoms with E-state index in [4.69, 9.17) is 0 Å². The Morgan fingerprint density at radius 1 is 1.08 bits per heavy atom. The second-order valence-electron chi connectivity index (χ2n) is 6.55. The maximum Gasteiger partial charge on any atom is 0.258 e. The van der Waals surface area contributed by atoms with Gasteiger partial charge in [-0.05, 0) is 43.2 Å². The van der Waals surface area contributed by atoms with Crippen molar-refractivity contribution in [3.63, 3.8) is 0 Å². The second-order valence-corrected chi connectivity index (χ2v) is 7.75. The number of rotatable bonds is 4. The van der Waals surface area contributed by atoms with Gasteiger partial charge in [0.25, 0.3) is 5.91 Å². The van der Waals surface area contributed by atoms with Crippen LogP contribution in [0.2, 0.25) is 0 Å². The average Bonchev–Trinajstić information content (AvgIpc) is 3.17. The minimum atomic E-state index is -0.155. The molecule has 1 aromatic heterocycles. The lowest BCUT2D eigenvalue weighted by Gasteiger charge is -2.41. The molecule has 4 heteroatoms. The van der Waals surface area contributed by atoms with E-state index < -0.39 is 0 Å². The molecule has 0 aliphatic carbocycles. The van der Waals surface area contributed by atoms with Crippen molar-refractivity contribution < 1.29 is 6.22 Å². The van der Waals surface area contributed by atoms with Gasteiger partial charge >= 0.3 is 0 Å². The number of carbonyl (C=O) groups excluding carboxylic acids is 1. The van der Waals surface area contributed by atoms with Crippen LogP contribution in [0.25, 0.3) is 0 Å². The smallest absolute Gasteiger partial charge is 0.258 e. The van der Waals surface area contributed by atoms with Crippen molar-refractivity contribution >= 4 is 22.9 Å². The van der Waals surface area contributed by atoms with Gasteiger partial charge in [0.2, 0.25) is 0 Å². The molecular formula is C22H24N2OS. The third kappa shape index (κ3) is 2.90. The standard InChI is InChI=1S/C22H22N2OS.H2/c1-3-17-13-14-20(26-17)21-23-19-12-8-7-11-18(19)22(25)24(21)15(2)16-9-5-4-6-10-16;/h4-15,21,23H,3H2,1-2H3;1H/t15-,21?;/m1./s1. The van der Waals surface area contributed by atoms with Crippen molar-refractivity contribution in [2.24, 2.45) is 0 Å². The van der Waals surface area contributed by atoms with E-state index in [-0.39, 0.29) is 19.5 Å². The first-order valence-electron chi connectivity index (χ1n) is 9.01. The zero-order valence-corrected chi connectivity index (χ0v) is 15.8. The Balaban J connectivity index is 0.00000210. The Labute approximate surface area is 159 Å². The molecule has 1 unspecified atom stereocenters. The molecule has 0 spiro atoms. The van der Waals surface area contributed by atoms with Crippen LogP contribution in [0.15, 0.2) is 66.7 Å². The Morgan fingerprint density at radius 3 is 2.54 bits per heavy atom. The molecular weight excluding hydrogens is 340 g/mol. The molecule has 1 aliphatic heterocycles. The summed E-state index contributed by atoms with van der Waals surface area (Å²) in [6, 6.07) is 22.3. The highest BCUT2D eigenvalue weighted by atomic mass is 32.1. The Kier molecular flexibility index (Phi) is 4.51. The summed E-state index contributed by atoms with van der Waals surface area (Å²) in [5.41, 5.74) is 2.78. The fourth-order valence-corrected chi connectivity index (χ4v) is 4.50. The van der Waals surface area contributed by atoms with Crippen LogP contribution in [0.4, 0.5) is 5.69 Å². The van der Waals surface area contributed by atoms with Crippen LogP contribution < -0.4 is 5.32 Å². The zero-order chi connectivity index (χ0) is 18.1. The molecule has 0 saturated heterocycles. The number of anilines is 1. The number of aryl methyl sites for hydroxylation is 1. The number of hydrogen-bond acceptors (Lipinski definition) is 3. The van der Waals surface area contributed by atoms with Gasteiger partial charge in [0.1, 0.15) is 6.17 Å². The SMILES string of the molecule is CCc1ccc(C2Nc3ccccc3C(=O)N2[C@H](C)c2ccccc2)s1.[HH]. The minimum Gasteiger partial charge on any atom is -0.360 e. The normalized spacial score (nSPS) is 17.5. The van der Waals surface area contributed by atoms with Crippen LogP contribution in [-0.2, 0) is 6.42 Å². The van der Waals surface area contributed by atoms with Crippen LogP contribution >= 0.6 is 11.3 Å². The van der Waals surface area contributed by atoms with Crippen molar-refractivity contribution in [3.05, 3.63) is 87.6 Å². The molecule has 0 saturated carbocycles. The number of hydrogen-bond donors (Lipinski definition) is 1. The lowest BCUT2D eigenvalue weighted by atomic mass is 10.0. The Morgan fingerprint density at radius 2 is 1.81 bits per heavy atom. The third-order valence-electron chi connectivity index (χ3n) is 4.96. The van der Waals surface area contributed by atoms with E-state index in [9.17, 15) is 4.79 Å². The average molecular weight is 365 g/mol. The highest BCUT2D eigenvalue weighted by Gasteiger charge is 2.36. The van der Waals surface area contributed by atoms with Crippen LogP contribution in [-0.4, -0.2) is 10.8 Å². The van der Waals surface area contributed by atoms with E-state index >= 15 is 0 Å². The summed E-state index contributed by atoms with van der Waals surface area (Å²) >= 11 is 1.78. The summed E-state index contributed by atoms with van der Waals surface area (Å²) in [6.45, 7) is 4.26. The molecule has 26 heavy (non-hydrogen) atoms. The summed E-state index contributed by atoms with van der Waals surface area (Å²) in [4.78, 5) is 17.9. The minimum absolute atomic E-state index is 0. The zero-order valence-electron chi connectivity index (χ0n) is 15.0. The summed E-state index contributed by atoms with van der Waals surface area (Å²) in [7, 11) is 0. The van der Waals surface area contributed by atoms with E-state index in [1.165, 1.54) is 9.75 Å². The van der Waals surface area contributed by atoms with Gasteiger partial charge in [0.05, 0.1) is 11.6 Å². The van der Waals surface area contributed by atoms with Crippen LogP contribution in [0.1, 0.15) is 53.2 Å². The van der Waals surface area contributed by atoms with Gasteiger partial charge < -0.3 is 10.2 Å². The molecule has 2 atom stereocenters. The maximum absolute atomic E-state index is 13.4. The van der Waals surface area contributed by atoms with E-state index in [1.54, 1.807) is 11.3 Å². The topological polar surface area (TPSA) is 32.3 Å². The van der Waals surface area contributed by atoms with Crippen LogP contribution in [0, 0.1) is 0 Å². The lowest BCUT2D eigenvalue weighted by Crippen LogP contribution is -2.44. The third-order valence-corrected chi connectivity index (χ3v) is 6.24. The molecule has 134 valence electrons. The number of carbonyl (C=O) groups is 1. The fraction of sp³-hybridized carbons (Fsp3) is 0.227. The van der Waals surface area contributed by atoms with E-state index in [1.807, 2.05) is 47.4 Å². The first kappa shape index (κ1) is 16.9. The maximum atomic E-state index is 13.4. The van der Waals surface area contributed by atoms with Gasteiger partial charge in [-0.25, -0.2) is 0 Å². The summed E-state index contributed by atoms with van der Waals surface area (Å²) in [5, 5.41) is 3.60. The highest BCUT2D eigenvalue weighted by Crippen LogP contribution is 2.40. The number of benzene rings is 2. The van der Waals surface area contributed by atoms with E-state index in [0.717, 1.165) is 23.2 Å². The molecule has 2 aromatic carbocycles. The van der Waals surface area contributed by atoms with Gasteiger partial charge in [0, 0.05) is 16.9 Å². The molecule has 3 nitrogen and oxygen atoms in total.